The van der Waals surface area contributed by atoms with Crippen LogP contribution >= 0.6 is 11.6 Å². The second-order valence-electron chi connectivity index (χ2n) is 7.17. The number of amides is 1. The first kappa shape index (κ1) is 19.6. The number of carbonyl (C=O) groups excluding carboxylic acids is 1. The van der Waals surface area contributed by atoms with Crippen molar-refractivity contribution in [3.05, 3.63) is 63.5 Å². The summed E-state index contributed by atoms with van der Waals surface area (Å²) in [7, 11) is 0. The van der Waals surface area contributed by atoms with Gasteiger partial charge in [0.1, 0.15) is 11.4 Å². The van der Waals surface area contributed by atoms with Gasteiger partial charge in [-0.1, -0.05) is 30.2 Å². The van der Waals surface area contributed by atoms with Crippen molar-refractivity contribution < 1.29 is 13.6 Å². The average molecular weight is 415 g/mol. The summed E-state index contributed by atoms with van der Waals surface area (Å²) in [5, 5.41) is 3.44. The summed E-state index contributed by atoms with van der Waals surface area (Å²) in [6.07, 6.45) is 3.31. The van der Waals surface area contributed by atoms with Crippen LogP contribution in [0.15, 0.2) is 51.7 Å². The molecule has 0 atom stereocenters. The Morgan fingerprint density at radius 2 is 1.83 bits per heavy atom. The third-order valence-corrected chi connectivity index (χ3v) is 5.29. The Kier molecular flexibility index (Phi) is 5.65. The van der Waals surface area contributed by atoms with Gasteiger partial charge in [0, 0.05) is 5.02 Å². The molecule has 1 aliphatic heterocycles. The van der Waals surface area contributed by atoms with E-state index in [-0.39, 0.29) is 29.3 Å². The van der Waals surface area contributed by atoms with E-state index < -0.39 is 5.82 Å². The molecule has 0 radical (unpaired) electrons. The molecule has 0 bridgehead atoms. The van der Waals surface area contributed by atoms with Gasteiger partial charge < -0.3 is 4.42 Å². The van der Waals surface area contributed by atoms with Gasteiger partial charge in [-0.05, 0) is 61.8 Å². The zero-order chi connectivity index (χ0) is 20.4. The van der Waals surface area contributed by atoms with Crippen LogP contribution in [0.2, 0.25) is 5.02 Å². The van der Waals surface area contributed by atoms with Crippen molar-refractivity contribution >= 4 is 34.4 Å². The molecule has 150 valence electrons. The van der Waals surface area contributed by atoms with Crippen molar-refractivity contribution in [1.82, 2.24) is 4.90 Å². The Labute approximate surface area is 172 Å². The van der Waals surface area contributed by atoms with E-state index in [9.17, 15) is 14.0 Å². The van der Waals surface area contributed by atoms with Gasteiger partial charge in [0.25, 0.3) is 0 Å². The van der Waals surface area contributed by atoms with Gasteiger partial charge in [-0.15, -0.1) is 0 Å². The van der Waals surface area contributed by atoms with Crippen molar-refractivity contribution in [3.63, 3.8) is 0 Å². The molecule has 0 spiro atoms. The Morgan fingerprint density at radius 3 is 2.55 bits per heavy atom. The van der Waals surface area contributed by atoms with Gasteiger partial charge in [0.2, 0.25) is 17.2 Å². The van der Waals surface area contributed by atoms with Crippen molar-refractivity contribution in [2.24, 2.45) is 0 Å². The molecule has 4 rings (SSSR count). The normalized spacial score (nSPS) is 14.8. The number of hydrogen-bond acceptors (Lipinski definition) is 4. The molecule has 7 heteroatoms. The van der Waals surface area contributed by atoms with E-state index >= 15 is 0 Å². The highest BCUT2D eigenvalue weighted by Crippen LogP contribution is 2.30. The molecular formula is C22H20ClFN2O3. The molecule has 1 saturated heterocycles. The van der Waals surface area contributed by atoms with E-state index in [4.69, 9.17) is 16.0 Å². The SMILES string of the molecule is O=C(CN1CCCCC1)Nc1oc2ccc(Cl)cc2c(=O)c1-c1ccc(F)cc1. The quantitative estimate of drug-likeness (QED) is 0.673. The smallest absolute Gasteiger partial charge is 0.240 e. The lowest BCUT2D eigenvalue weighted by molar-refractivity contribution is -0.117. The summed E-state index contributed by atoms with van der Waals surface area (Å²) in [6.45, 7) is 1.97. The molecule has 2 aromatic carbocycles. The maximum absolute atomic E-state index is 13.4. The third kappa shape index (κ3) is 4.33. The van der Waals surface area contributed by atoms with Crippen LogP contribution in [0.1, 0.15) is 19.3 Å². The number of carbonyl (C=O) groups is 1. The number of halogens is 2. The first-order chi connectivity index (χ1) is 14.0. The highest BCUT2D eigenvalue weighted by atomic mass is 35.5. The fourth-order valence-corrected chi connectivity index (χ4v) is 3.79. The standard InChI is InChI=1S/C22H20ClFN2O3/c23-15-6-9-18-17(12-15)21(28)20(14-4-7-16(24)8-5-14)22(29-18)25-19(27)13-26-10-2-1-3-11-26/h4-9,12H,1-3,10-11,13H2,(H,25,27). The fourth-order valence-electron chi connectivity index (χ4n) is 3.62. The second-order valence-corrected chi connectivity index (χ2v) is 7.60. The average Bonchev–Trinajstić information content (AvgIpc) is 2.71. The summed E-state index contributed by atoms with van der Waals surface area (Å²) in [6, 6.07) is 10.2. The van der Waals surface area contributed by atoms with E-state index in [0.717, 1.165) is 25.9 Å². The molecule has 0 unspecified atom stereocenters. The van der Waals surface area contributed by atoms with E-state index in [2.05, 4.69) is 10.2 Å². The maximum Gasteiger partial charge on any atom is 0.240 e. The maximum atomic E-state index is 13.4. The monoisotopic (exact) mass is 414 g/mol. The van der Waals surface area contributed by atoms with Crippen molar-refractivity contribution in [1.29, 1.82) is 0 Å². The lowest BCUT2D eigenvalue weighted by Gasteiger charge is -2.25. The Hall–Kier alpha value is -2.70. The molecule has 1 fully saturated rings. The summed E-state index contributed by atoms with van der Waals surface area (Å²) in [5.41, 5.74) is 0.606. The number of nitrogens with one attached hydrogen (secondary N) is 1. The number of likely N-dealkylation sites (tertiary alicyclic amines) is 1. The van der Waals surface area contributed by atoms with Crippen LogP contribution < -0.4 is 10.7 Å². The molecule has 1 aromatic heterocycles. The van der Waals surface area contributed by atoms with Crippen LogP contribution in [0.25, 0.3) is 22.1 Å². The van der Waals surface area contributed by atoms with Gasteiger partial charge in [0.05, 0.1) is 17.5 Å². The van der Waals surface area contributed by atoms with E-state index in [0.29, 0.717) is 21.6 Å². The molecule has 5 nitrogen and oxygen atoms in total. The second kappa shape index (κ2) is 8.35. The molecule has 1 aliphatic rings. The lowest BCUT2D eigenvalue weighted by atomic mass is 10.0. The lowest BCUT2D eigenvalue weighted by Crippen LogP contribution is -2.37. The number of rotatable bonds is 4. The molecule has 1 N–H and O–H groups in total. The largest absolute Gasteiger partial charge is 0.439 e. The number of piperidine rings is 1. The Morgan fingerprint density at radius 1 is 1.10 bits per heavy atom. The highest BCUT2D eigenvalue weighted by Gasteiger charge is 2.20. The van der Waals surface area contributed by atoms with Crippen molar-refractivity contribution in [2.45, 2.75) is 19.3 Å². The van der Waals surface area contributed by atoms with Gasteiger partial charge in [-0.2, -0.15) is 0 Å². The van der Waals surface area contributed by atoms with Crippen LogP contribution in [-0.2, 0) is 4.79 Å². The number of nitrogens with zero attached hydrogens (tertiary/aromatic N) is 1. The molecule has 0 aliphatic carbocycles. The molecule has 29 heavy (non-hydrogen) atoms. The van der Waals surface area contributed by atoms with E-state index in [1.54, 1.807) is 12.1 Å². The molecule has 3 aromatic rings. The van der Waals surface area contributed by atoms with Crippen LogP contribution in [-0.4, -0.2) is 30.4 Å². The van der Waals surface area contributed by atoms with Crippen LogP contribution in [0.4, 0.5) is 10.3 Å². The van der Waals surface area contributed by atoms with Crippen molar-refractivity contribution in [2.75, 3.05) is 25.0 Å². The molecule has 1 amide bonds. The van der Waals surface area contributed by atoms with Gasteiger partial charge in [0.15, 0.2) is 0 Å². The number of anilines is 1. The van der Waals surface area contributed by atoms with Crippen molar-refractivity contribution in [3.8, 4) is 11.1 Å². The van der Waals surface area contributed by atoms with Crippen LogP contribution in [0.5, 0.6) is 0 Å². The highest BCUT2D eigenvalue weighted by molar-refractivity contribution is 6.31. The van der Waals surface area contributed by atoms with Crippen LogP contribution in [0.3, 0.4) is 0 Å². The molecule has 2 heterocycles. The molecule has 0 saturated carbocycles. The Bertz CT molecular complexity index is 1110. The predicted octanol–water partition coefficient (Wildman–Crippen LogP) is 4.68. The summed E-state index contributed by atoms with van der Waals surface area (Å²) in [5.74, 6) is -0.622. The molecular weight excluding hydrogens is 395 g/mol. The predicted molar refractivity (Wildman–Crippen MR) is 112 cm³/mol. The minimum atomic E-state index is -0.419. The van der Waals surface area contributed by atoms with Crippen LogP contribution in [0, 0.1) is 5.82 Å². The van der Waals surface area contributed by atoms with Gasteiger partial charge >= 0.3 is 0 Å². The zero-order valence-electron chi connectivity index (χ0n) is 15.7. The summed E-state index contributed by atoms with van der Waals surface area (Å²) in [4.78, 5) is 27.9. The fraction of sp³-hybridized carbons (Fsp3) is 0.273. The Balaban J connectivity index is 1.75. The van der Waals surface area contributed by atoms with E-state index in [1.807, 2.05) is 0 Å². The first-order valence-corrected chi connectivity index (χ1v) is 9.93. The number of benzene rings is 2. The zero-order valence-corrected chi connectivity index (χ0v) is 16.5. The topological polar surface area (TPSA) is 62.6 Å². The van der Waals surface area contributed by atoms with E-state index in [1.165, 1.54) is 36.8 Å². The first-order valence-electron chi connectivity index (χ1n) is 9.56. The minimum absolute atomic E-state index is 0.0541. The van der Waals surface area contributed by atoms with Gasteiger partial charge in [-0.25, -0.2) is 4.39 Å². The summed E-state index contributed by atoms with van der Waals surface area (Å²) >= 11 is 6.04. The third-order valence-electron chi connectivity index (χ3n) is 5.05. The summed E-state index contributed by atoms with van der Waals surface area (Å²) < 4.78 is 19.3. The number of fused-ring (bicyclic) bond motifs is 1. The minimum Gasteiger partial charge on any atom is -0.439 e. The number of hydrogen-bond donors (Lipinski definition) is 1. The van der Waals surface area contributed by atoms with Gasteiger partial charge in [-0.3, -0.25) is 19.8 Å².